The fraction of sp³-hybridized carbons (Fsp3) is 0.500. The Kier molecular flexibility index (Phi) is 4.50. The highest BCUT2D eigenvalue weighted by Crippen LogP contribution is 2.28. The van der Waals surface area contributed by atoms with Crippen LogP contribution >= 0.6 is 23.4 Å². The summed E-state index contributed by atoms with van der Waals surface area (Å²) in [5.74, 6) is 0.908. The van der Waals surface area contributed by atoms with E-state index in [1.807, 2.05) is 32.9 Å². The van der Waals surface area contributed by atoms with Crippen molar-refractivity contribution in [1.82, 2.24) is 0 Å². The largest absolute Gasteiger partial charge is 0.395 e. The number of hydrogen-bond acceptors (Lipinski definition) is 2. The minimum atomic E-state index is -0.0759. The molecule has 0 amide bonds. The smallest absolute Gasteiger partial charge is 0.0572 e. The highest BCUT2D eigenvalue weighted by molar-refractivity contribution is 7.99. The van der Waals surface area contributed by atoms with Crippen LogP contribution in [0.1, 0.15) is 25.0 Å². The van der Waals surface area contributed by atoms with Crippen molar-refractivity contribution in [2.75, 3.05) is 6.61 Å². The van der Waals surface area contributed by atoms with Crippen LogP contribution in [0.4, 0.5) is 0 Å². The second kappa shape index (κ2) is 5.24. The second-order valence-corrected chi connectivity index (χ2v) is 6.38. The Labute approximate surface area is 101 Å². The molecule has 0 aliphatic rings. The Hall–Kier alpha value is -0.180. The van der Waals surface area contributed by atoms with Gasteiger partial charge in [-0.05, 0) is 38.0 Å². The molecule has 0 fully saturated rings. The van der Waals surface area contributed by atoms with Gasteiger partial charge in [-0.2, -0.15) is 0 Å². The molecule has 0 saturated heterocycles. The molecule has 1 aromatic carbocycles. The summed E-state index contributed by atoms with van der Waals surface area (Å²) in [6.45, 7) is 6.29. The average molecular weight is 245 g/mol. The van der Waals surface area contributed by atoms with Crippen LogP contribution in [0.5, 0.6) is 0 Å². The van der Waals surface area contributed by atoms with Crippen molar-refractivity contribution in [3.05, 3.63) is 34.3 Å². The average Bonchev–Trinajstić information content (AvgIpc) is 2.20. The zero-order valence-electron chi connectivity index (χ0n) is 9.38. The summed E-state index contributed by atoms with van der Waals surface area (Å²) in [7, 11) is 0. The molecule has 1 rings (SSSR count). The second-order valence-electron chi connectivity index (χ2n) is 4.29. The van der Waals surface area contributed by atoms with E-state index in [1.54, 1.807) is 11.8 Å². The topological polar surface area (TPSA) is 20.2 Å². The molecule has 15 heavy (non-hydrogen) atoms. The Morgan fingerprint density at radius 3 is 2.60 bits per heavy atom. The summed E-state index contributed by atoms with van der Waals surface area (Å²) in [5.41, 5.74) is 2.36. The van der Waals surface area contributed by atoms with Gasteiger partial charge in [0.2, 0.25) is 0 Å². The minimum absolute atomic E-state index is 0.0759. The van der Waals surface area contributed by atoms with Crippen molar-refractivity contribution >= 4 is 23.4 Å². The fourth-order valence-corrected chi connectivity index (χ4v) is 2.07. The van der Waals surface area contributed by atoms with Crippen molar-refractivity contribution in [1.29, 1.82) is 0 Å². The Bertz CT molecular complexity index is 336. The monoisotopic (exact) mass is 244 g/mol. The van der Waals surface area contributed by atoms with E-state index in [2.05, 4.69) is 6.07 Å². The van der Waals surface area contributed by atoms with Gasteiger partial charge in [0.05, 0.1) is 6.61 Å². The van der Waals surface area contributed by atoms with E-state index >= 15 is 0 Å². The maximum Gasteiger partial charge on any atom is 0.0572 e. The third-order valence-electron chi connectivity index (χ3n) is 2.23. The van der Waals surface area contributed by atoms with E-state index in [9.17, 15) is 0 Å². The Morgan fingerprint density at radius 1 is 1.40 bits per heavy atom. The van der Waals surface area contributed by atoms with Gasteiger partial charge in [-0.25, -0.2) is 0 Å². The summed E-state index contributed by atoms with van der Waals surface area (Å²) < 4.78 is -0.0759. The molecule has 1 aromatic rings. The first kappa shape index (κ1) is 12.9. The lowest BCUT2D eigenvalue weighted by atomic mass is 10.2. The van der Waals surface area contributed by atoms with E-state index < -0.39 is 0 Å². The van der Waals surface area contributed by atoms with Crippen molar-refractivity contribution < 1.29 is 5.11 Å². The van der Waals surface area contributed by atoms with Gasteiger partial charge >= 0.3 is 0 Å². The molecular formula is C12H17ClOS. The third-order valence-corrected chi connectivity index (χ3v) is 4.05. The van der Waals surface area contributed by atoms with Gasteiger partial charge in [0.25, 0.3) is 0 Å². The van der Waals surface area contributed by atoms with Crippen molar-refractivity contribution in [3.8, 4) is 0 Å². The number of rotatable bonds is 4. The summed E-state index contributed by atoms with van der Waals surface area (Å²) in [6.07, 6.45) is 0. The van der Waals surface area contributed by atoms with E-state index in [0.29, 0.717) is 0 Å². The molecule has 3 heteroatoms. The van der Waals surface area contributed by atoms with E-state index in [1.165, 1.54) is 5.56 Å². The first-order chi connectivity index (χ1) is 6.94. The normalized spacial score (nSPS) is 11.8. The standard InChI is InChI=1S/C12H17ClOS/c1-9-6-10(4-5-11(9)13)7-15-12(2,3)8-14/h4-6,14H,7-8H2,1-3H3. The number of thioether (sulfide) groups is 1. The highest BCUT2D eigenvalue weighted by Gasteiger charge is 2.16. The van der Waals surface area contributed by atoms with Crippen LogP contribution in [0.2, 0.25) is 5.02 Å². The van der Waals surface area contributed by atoms with Gasteiger partial charge in [-0.15, -0.1) is 11.8 Å². The SMILES string of the molecule is Cc1cc(CSC(C)(C)CO)ccc1Cl. The van der Waals surface area contributed by atoms with E-state index in [4.69, 9.17) is 16.7 Å². The Balaban J connectivity index is 2.62. The lowest BCUT2D eigenvalue weighted by molar-refractivity contribution is 0.265. The molecule has 1 nitrogen and oxygen atoms in total. The molecule has 0 unspecified atom stereocenters. The summed E-state index contributed by atoms with van der Waals surface area (Å²) >= 11 is 7.70. The van der Waals surface area contributed by atoms with Gasteiger partial charge in [-0.1, -0.05) is 23.7 Å². The first-order valence-corrected chi connectivity index (χ1v) is 6.31. The molecule has 0 aromatic heterocycles. The summed E-state index contributed by atoms with van der Waals surface area (Å²) in [5, 5.41) is 9.94. The van der Waals surface area contributed by atoms with Crippen LogP contribution in [0, 0.1) is 6.92 Å². The van der Waals surface area contributed by atoms with Crippen LogP contribution in [0.25, 0.3) is 0 Å². The lowest BCUT2D eigenvalue weighted by Crippen LogP contribution is -2.20. The van der Waals surface area contributed by atoms with Gasteiger partial charge in [0.15, 0.2) is 0 Å². The van der Waals surface area contributed by atoms with Crippen LogP contribution in [0.3, 0.4) is 0 Å². The molecule has 0 radical (unpaired) electrons. The minimum Gasteiger partial charge on any atom is -0.395 e. The van der Waals surface area contributed by atoms with Gasteiger partial charge in [-0.3, -0.25) is 0 Å². The summed E-state index contributed by atoms with van der Waals surface area (Å²) in [4.78, 5) is 0. The number of halogens is 1. The van der Waals surface area contributed by atoms with Gasteiger partial charge in [0, 0.05) is 15.5 Å². The molecule has 0 aliphatic carbocycles. The first-order valence-electron chi connectivity index (χ1n) is 4.94. The fourth-order valence-electron chi connectivity index (χ4n) is 1.12. The van der Waals surface area contributed by atoms with E-state index in [-0.39, 0.29) is 11.4 Å². The van der Waals surface area contributed by atoms with Crippen molar-refractivity contribution in [2.24, 2.45) is 0 Å². The van der Waals surface area contributed by atoms with Crippen LogP contribution < -0.4 is 0 Å². The maximum atomic E-state index is 9.13. The van der Waals surface area contributed by atoms with Crippen molar-refractivity contribution in [3.63, 3.8) is 0 Å². The zero-order chi connectivity index (χ0) is 11.5. The summed E-state index contributed by atoms with van der Waals surface area (Å²) in [6, 6.07) is 6.07. The number of aliphatic hydroxyl groups is 1. The number of aliphatic hydroxyl groups excluding tert-OH is 1. The number of benzene rings is 1. The number of aryl methyl sites for hydroxylation is 1. The van der Waals surface area contributed by atoms with Crippen LogP contribution in [-0.4, -0.2) is 16.5 Å². The molecule has 0 aliphatic heterocycles. The molecule has 0 saturated carbocycles. The predicted octanol–water partition coefficient (Wildman–Crippen LogP) is 3.65. The number of hydrogen-bond donors (Lipinski definition) is 1. The molecule has 0 bridgehead atoms. The zero-order valence-corrected chi connectivity index (χ0v) is 11.0. The van der Waals surface area contributed by atoms with E-state index in [0.717, 1.165) is 16.3 Å². The predicted molar refractivity (Wildman–Crippen MR) is 68.6 cm³/mol. The van der Waals surface area contributed by atoms with Gasteiger partial charge < -0.3 is 5.11 Å². The quantitative estimate of drug-likeness (QED) is 0.873. The molecule has 0 heterocycles. The molecule has 84 valence electrons. The Morgan fingerprint density at radius 2 is 2.07 bits per heavy atom. The van der Waals surface area contributed by atoms with Gasteiger partial charge in [0.1, 0.15) is 0 Å². The third kappa shape index (κ3) is 4.06. The highest BCUT2D eigenvalue weighted by atomic mass is 35.5. The van der Waals surface area contributed by atoms with Crippen molar-refractivity contribution in [2.45, 2.75) is 31.3 Å². The molecule has 1 N–H and O–H groups in total. The maximum absolute atomic E-state index is 9.13. The molecule has 0 spiro atoms. The van der Waals surface area contributed by atoms with Crippen LogP contribution in [-0.2, 0) is 5.75 Å². The molecule has 0 atom stereocenters. The molecular weight excluding hydrogens is 228 g/mol. The van der Waals surface area contributed by atoms with Crippen LogP contribution in [0.15, 0.2) is 18.2 Å². The lowest BCUT2D eigenvalue weighted by Gasteiger charge is -2.20.